The number of piperidine rings is 1. The van der Waals surface area contributed by atoms with E-state index in [1.807, 2.05) is 12.1 Å². The fraction of sp³-hybridized carbons (Fsp3) is 0.750. The van der Waals surface area contributed by atoms with Gasteiger partial charge in [0.2, 0.25) is 0 Å². The molecule has 4 nitrogen and oxygen atoms in total. The van der Waals surface area contributed by atoms with Crippen molar-refractivity contribution in [1.82, 2.24) is 15.1 Å². The first kappa shape index (κ1) is 27.7. The van der Waals surface area contributed by atoms with Crippen LogP contribution in [0.25, 0.3) is 0 Å². The van der Waals surface area contributed by atoms with Gasteiger partial charge in [0.25, 0.3) is 0 Å². The van der Waals surface area contributed by atoms with Crippen molar-refractivity contribution in [2.75, 3.05) is 26.2 Å². The van der Waals surface area contributed by atoms with Crippen LogP contribution >= 0.6 is 23.8 Å². The summed E-state index contributed by atoms with van der Waals surface area (Å²) in [5, 5.41) is 5.28. The summed E-state index contributed by atoms with van der Waals surface area (Å²) < 4.78 is 0. The third-order valence-electron chi connectivity index (χ3n) is 7.57. The van der Waals surface area contributed by atoms with E-state index in [-0.39, 0.29) is 0 Å². The predicted octanol–water partition coefficient (Wildman–Crippen LogP) is 6.50. The molecule has 6 heteroatoms. The minimum atomic E-state index is 0.536. The summed E-state index contributed by atoms with van der Waals surface area (Å²) in [6.07, 6.45) is 18.5. The van der Waals surface area contributed by atoms with Crippen LogP contribution in [0.2, 0.25) is 5.02 Å². The summed E-state index contributed by atoms with van der Waals surface area (Å²) in [6.45, 7) is 5.58. The Morgan fingerprint density at radius 3 is 2.09 bits per heavy atom. The topological polar surface area (TPSA) is 44.5 Å². The van der Waals surface area contributed by atoms with E-state index in [4.69, 9.17) is 29.6 Å². The van der Waals surface area contributed by atoms with Crippen molar-refractivity contribution in [3.63, 3.8) is 0 Å². The number of thiocarbonyl (C=S) groups is 1. The first-order valence-corrected chi connectivity index (χ1v) is 14.7. The van der Waals surface area contributed by atoms with Crippen LogP contribution in [0.4, 0.5) is 0 Å². The van der Waals surface area contributed by atoms with Crippen LogP contribution in [0, 0.1) is 0 Å². The monoisotopic (exact) mass is 506 g/mol. The van der Waals surface area contributed by atoms with Crippen molar-refractivity contribution in [3.8, 4) is 0 Å². The summed E-state index contributed by atoms with van der Waals surface area (Å²) in [5.74, 6) is 0. The van der Waals surface area contributed by atoms with Gasteiger partial charge >= 0.3 is 0 Å². The van der Waals surface area contributed by atoms with Gasteiger partial charge in [-0.25, -0.2) is 0 Å². The summed E-state index contributed by atoms with van der Waals surface area (Å²) in [6, 6.07) is 9.30. The summed E-state index contributed by atoms with van der Waals surface area (Å²) >= 11 is 11.9. The summed E-state index contributed by atoms with van der Waals surface area (Å²) in [7, 11) is 0. The van der Waals surface area contributed by atoms with Crippen molar-refractivity contribution < 1.29 is 0 Å². The number of nitrogens with two attached hydrogens (primary N) is 1. The minimum absolute atomic E-state index is 0.536. The van der Waals surface area contributed by atoms with E-state index in [0.29, 0.717) is 12.1 Å². The van der Waals surface area contributed by atoms with Crippen LogP contribution < -0.4 is 11.1 Å². The average molecular weight is 507 g/mol. The smallest absolute Gasteiger partial charge is 0.169 e. The number of likely N-dealkylation sites (tertiary alicyclic amines) is 1. The Morgan fingerprint density at radius 1 is 0.912 bits per heavy atom. The number of rotatable bonds is 7. The first-order chi connectivity index (χ1) is 16.6. The first-order valence-electron chi connectivity index (χ1n) is 13.9. The molecule has 1 saturated heterocycles. The molecule has 3 aliphatic rings. The molecule has 1 aromatic carbocycles. The molecule has 0 amide bonds. The molecule has 2 aliphatic carbocycles. The Bertz CT molecular complexity index is 680. The standard InChI is InChI=1S/C22H34ClN3S.C6H13N/c23-20-12-10-19(11-13-20)18-26(21-8-3-1-4-9-21)22(27)24-14-7-17-25-15-5-2-6-16-25;7-6-4-2-1-3-5-6/h10-13,21H,1-9,14-18H2,(H,24,27);6H,1-5,7H2. The average Bonchev–Trinajstić information content (AvgIpc) is 2.88. The van der Waals surface area contributed by atoms with E-state index in [9.17, 15) is 0 Å². The molecule has 1 heterocycles. The van der Waals surface area contributed by atoms with Gasteiger partial charge < -0.3 is 20.9 Å². The Kier molecular flexibility index (Phi) is 13.0. The molecule has 0 radical (unpaired) electrons. The summed E-state index contributed by atoms with van der Waals surface area (Å²) in [5.41, 5.74) is 6.91. The van der Waals surface area contributed by atoms with Gasteiger partial charge in [-0.3, -0.25) is 0 Å². The Labute approximate surface area is 219 Å². The highest BCUT2D eigenvalue weighted by molar-refractivity contribution is 7.80. The molecule has 1 aliphatic heterocycles. The second-order valence-corrected chi connectivity index (χ2v) is 11.3. The molecule has 0 bridgehead atoms. The van der Waals surface area contributed by atoms with E-state index < -0.39 is 0 Å². The van der Waals surface area contributed by atoms with Gasteiger partial charge in [-0.05, 0) is 94.5 Å². The zero-order chi connectivity index (χ0) is 24.0. The molecule has 34 heavy (non-hydrogen) atoms. The molecular formula is C28H47ClN4S. The van der Waals surface area contributed by atoms with E-state index in [0.717, 1.165) is 23.2 Å². The number of benzene rings is 1. The van der Waals surface area contributed by atoms with Gasteiger partial charge in [0.15, 0.2) is 5.11 Å². The highest BCUT2D eigenvalue weighted by Crippen LogP contribution is 2.25. The molecule has 0 spiro atoms. The van der Waals surface area contributed by atoms with Crippen LogP contribution in [0.15, 0.2) is 24.3 Å². The highest BCUT2D eigenvalue weighted by atomic mass is 35.5. The minimum Gasteiger partial charge on any atom is -0.363 e. The lowest BCUT2D eigenvalue weighted by Crippen LogP contribution is -2.46. The Balaban J connectivity index is 0.000000396. The van der Waals surface area contributed by atoms with Crippen LogP contribution in [-0.2, 0) is 6.54 Å². The van der Waals surface area contributed by atoms with Crippen LogP contribution in [0.5, 0.6) is 0 Å². The lowest BCUT2D eigenvalue weighted by molar-refractivity contribution is 0.223. The molecule has 0 aromatic heterocycles. The van der Waals surface area contributed by atoms with Gasteiger partial charge in [-0.2, -0.15) is 0 Å². The van der Waals surface area contributed by atoms with Crippen molar-refractivity contribution in [2.45, 2.75) is 109 Å². The number of nitrogens with one attached hydrogen (secondary N) is 1. The number of hydrogen-bond donors (Lipinski definition) is 2. The Morgan fingerprint density at radius 2 is 1.50 bits per heavy atom. The maximum Gasteiger partial charge on any atom is 0.169 e. The summed E-state index contributed by atoms with van der Waals surface area (Å²) in [4.78, 5) is 5.03. The molecule has 0 unspecified atom stereocenters. The predicted molar refractivity (Wildman–Crippen MR) is 150 cm³/mol. The quantitative estimate of drug-likeness (QED) is 0.326. The normalized spacial score (nSPS) is 20.3. The van der Waals surface area contributed by atoms with E-state index >= 15 is 0 Å². The van der Waals surface area contributed by atoms with Crippen molar-refractivity contribution in [2.24, 2.45) is 5.73 Å². The molecule has 2 saturated carbocycles. The zero-order valence-electron chi connectivity index (χ0n) is 21.2. The molecule has 4 rings (SSSR count). The maximum atomic E-state index is 6.05. The molecular weight excluding hydrogens is 460 g/mol. The number of nitrogens with zero attached hydrogens (tertiary/aromatic N) is 2. The fourth-order valence-corrected chi connectivity index (χ4v) is 5.90. The van der Waals surface area contributed by atoms with Crippen molar-refractivity contribution in [1.29, 1.82) is 0 Å². The SMILES string of the molecule is NC1CCCCC1.S=C(NCCCN1CCCCC1)N(Cc1ccc(Cl)cc1)C1CCCCC1. The van der Waals surface area contributed by atoms with Gasteiger partial charge in [0.05, 0.1) is 0 Å². The lowest BCUT2D eigenvalue weighted by Gasteiger charge is -2.36. The van der Waals surface area contributed by atoms with E-state index in [1.54, 1.807) is 0 Å². The molecule has 3 fully saturated rings. The molecule has 3 N–H and O–H groups in total. The van der Waals surface area contributed by atoms with Gasteiger partial charge in [-0.15, -0.1) is 0 Å². The maximum absolute atomic E-state index is 6.05. The fourth-order valence-electron chi connectivity index (χ4n) is 5.46. The molecule has 1 aromatic rings. The number of hydrogen-bond acceptors (Lipinski definition) is 3. The number of halogens is 1. The zero-order valence-corrected chi connectivity index (χ0v) is 22.7. The molecule has 0 atom stereocenters. The second kappa shape index (κ2) is 16.0. The van der Waals surface area contributed by atoms with Crippen molar-refractivity contribution >= 4 is 28.9 Å². The van der Waals surface area contributed by atoms with Gasteiger partial charge in [-0.1, -0.05) is 68.7 Å². The van der Waals surface area contributed by atoms with Crippen LogP contribution in [-0.4, -0.2) is 53.2 Å². The van der Waals surface area contributed by atoms with E-state index in [2.05, 4.69) is 27.2 Å². The van der Waals surface area contributed by atoms with Crippen LogP contribution in [0.1, 0.15) is 95.5 Å². The third kappa shape index (κ3) is 10.4. The lowest BCUT2D eigenvalue weighted by atomic mass is 9.94. The van der Waals surface area contributed by atoms with Crippen molar-refractivity contribution in [3.05, 3.63) is 34.9 Å². The largest absolute Gasteiger partial charge is 0.363 e. The third-order valence-corrected chi connectivity index (χ3v) is 8.20. The highest BCUT2D eigenvalue weighted by Gasteiger charge is 2.23. The Hall–Kier alpha value is -0.880. The van der Waals surface area contributed by atoms with Gasteiger partial charge in [0, 0.05) is 30.2 Å². The molecule has 192 valence electrons. The van der Waals surface area contributed by atoms with Crippen LogP contribution in [0.3, 0.4) is 0 Å². The van der Waals surface area contributed by atoms with Gasteiger partial charge in [0.1, 0.15) is 0 Å². The van der Waals surface area contributed by atoms with E-state index in [1.165, 1.54) is 115 Å². The second-order valence-electron chi connectivity index (χ2n) is 10.4.